The molecule has 1 saturated heterocycles. The molecular formula is C18H29N3O3. The van der Waals surface area contributed by atoms with Gasteiger partial charge in [0.1, 0.15) is 5.60 Å². The van der Waals surface area contributed by atoms with E-state index < -0.39 is 5.60 Å². The van der Waals surface area contributed by atoms with Gasteiger partial charge in [0, 0.05) is 18.7 Å². The standard InChI is InChI=1S/C18H29N3O3/c1-14-10-11-16(20-19-14)23-13-7-9-15-8-5-6-12-21(15)17(22)24-18(2,3)4/h10-11,15H,5-9,12-13H2,1-4H3. The average Bonchev–Trinajstić information content (AvgIpc) is 2.52. The molecule has 0 bridgehead atoms. The predicted octanol–water partition coefficient (Wildman–Crippen LogP) is 3.73. The van der Waals surface area contributed by atoms with Crippen molar-refractivity contribution in [1.29, 1.82) is 0 Å². The third kappa shape index (κ3) is 5.98. The van der Waals surface area contributed by atoms with Crippen molar-refractivity contribution in [2.45, 2.75) is 71.4 Å². The molecule has 0 N–H and O–H groups in total. The van der Waals surface area contributed by atoms with Crippen LogP contribution in [0.4, 0.5) is 4.79 Å². The summed E-state index contributed by atoms with van der Waals surface area (Å²) in [5.41, 5.74) is 0.421. The Hall–Kier alpha value is -1.85. The summed E-state index contributed by atoms with van der Waals surface area (Å²) in [5, 5.41) is 7.96. The first-order valence-electron chi connectivity index (χ1n) is 8.78. The highest BCUT2D eigenvalue weighted by Gasteiger charge is 2.30. The molecule has 24 heavy (non-hydrogen) atoms. The number of likely N-dealkylation sites (tertiary alicyclic amines) is 1. The minimum atomic E-state index is -0.452. The molecule has 1 aliphatic heterocycles. The number of ether oxygens (including phenoxy) is 2. The van der Waals surface area contributed by atoms with Crippen LogP contribution in [0.15, 0.2) is 12.1 Å². The fourth-order valence-corrected chi connectivity index (χ4v) is 2.82. The molecular weight excluding hydrogens is 306 g/mol. The van der Waals surface area contributed by atoms with Crippen LogP contribution in [0.1, 0.15) is 58.6 Å². The fourth-order valence-electron chi connectivity index (χ4n) is 2.82. The molecule has 134 valence electrons. The Kier molecular flexibility index (Phi) is 6.40. The maximum absolute atomic E-state index is 12.4. The summed E-state index contributed by atoms with van der Waals surface area (Å²) in [6, 6.07) is 3.95. The number of carbonyl (C=O) groups is 1. The molecule has 0 radical (unpaired) electrons. The third-order valence-electron chi connectivity index (χ3n) is 3.96. The van der Waals surface area contributed by atoms with Crippen molar-refractivity contribution in [3.63, 3.8) is 0 Å². The van der Waals surface area contributed by atoms with E-state index >= 15 is 0 Å². The zero-order valence-corrected chi connectivity index (χ0v) is 15.2. The molecule has 1 aromatic heterocycles. The lowest BCUT2D eigenvalue weighted by Crippen LogP contribution is -2.46. The largest absolute Gasteiger partial charge is 0.477 e. The van der Waals surface area contributed by atoms with Crippen molar-refractivity contribution in [3.05, 3.63) is 17.8 Å². The Labute approximate surface area is 144 Å². The maximum atomic E-state index is 12.4. The van der Waals surface area contributed by atoms with Crippen LogP contribution in [0.3, 0.4) is 0 Å². The Morgan fingerprint density at radius 1 is 1.29 bits per heavy atom. The molecule has 1 atom stereocenters. The van der Waals surface area contributed by atoms with Gasteiger partial charge in [-0.25, -0.2) is 4.79 Å². The number of piperidine rings is 1. The quantitative estimate of drug-likeness (QED) is 0.767. The first-order chi connectivity index (χ1) is 11.3. The van der Waals surface area contributed by atoms with E-state index in [4.69, 9.17) is 9.47 Å². The molecule has 0 aromatic carbocycles. The van der Waals surface area contributed by atoms with Gasteiger partial charge in [-0.2, -0.15) is 5.10 Å². The van der Waals surface area contributed by atoms with E-state index in [9.17, 15) is 4.79 Å². The smallest absolute Gasteiger partial charge is 0.410 e. The van der Waals surface area contributed by atoms with Crippen molar-refractivity contribution in [3.8, 4) is 5.88 Å². The summed E-state index contributed by atoms with van der Waals surface area (Å²) < 4.78 is 11.2. The number of amides is 1. The lowest BCUT2D eigenvalue weighted by Gasteiger charge is -2.36. The monoisotopic (exact) mass is 335 g/mol. The Morgan fingerprint density at radius 3 is 2.75 bits per heavy atom. The van der Waals surface area contributed by atoms with Crippen LogP contribution in [-0.2, 0) is 4.74 Å². The molecule has 0 saturated carbocycles. The summed E-state index contributed by atoms with van der Waals surface area (Å²) in [4.78, 5) is 14.3. The highest BCUT2D eigenvalue weighted by molar-refractivity contribution is 5.68. The zero-order valence-electron chi connectivity index (χ0n) is 15.2. The lowest BCUT2D eigenvalue weighted by atomic mass is 9.98. The van der Waals surface area contributed by atoms with Crippen LogP contribution >= 0.6 is 0 Å². The lowest BCUT2D eigenvalue weighted by molar-refractivity contribution is 0.00822. The summed E-state index contributed by atoms with van der Waals surface area (Å²) in [6.07, 6.45) is 4.83. The molecule has 2 heterocycles. The first kappa shape index (κ1) is 18.5. The van der Waals surface area contributed by atoms with Gasteiger partial charge in [0.05, 0.1) is 12.3 Å². The molecule has 1 fully saturated rings. The van der Waals surface area contributed by atoms with Crippen molar-refractivity contribution in [2.24, 2.45) is 0 Å². The van der Waals surface area contributed by atoms with Gasteiger partial charge in [-0.15, -0.1) is 5.10 Å². The molecule has 6 nitrogen and oxygen atoms in total. The molecule has 1 unspecified atom stereocenters. The van der Waals surface area contributed by atoms with Crippen molar-refractivity contribution >= 4 is 6.09 Å². The molecule has 2 rings (SSSR count). The second-order valence-electron chi connectivity index (χ2n) is 7.33. The van der Waals surface area contributed by atoms with E-state index in [1.54, 1.807) is 0 Å². The number of aromatic nitrogens is 2. The molecule has 1 aromatic rings. The number of aryl methyl sites for hydroxylation is 1. The van der Waals surface area contributed by atoms with E-state index in [1.165, 1.54) is 0 Å². The van der Waals surface area contributed by atoms with Crippen LogP contribution in [0.5, 0.6) is 5.88 Å². The normalized spacial score (nSPS) is 18.3. The summed E-state index contributed by atoms with van der Waals surface area (Å²) in [6.45, 7) is 8.96. The summed E-state index contributed by atoms with van der Waals surface area (Å²) >= 11 is 0. The fraction of sp³-hybridized carbons (Fsp3) is 0.722. The van der Waals surface area contributed by atoms with Crippen LogP contribution in [0.25, 0.3) is 0 Å². The second kappa shape index (κ2) is 8.31. The van der Waals surface area contributed by atoms with E-state index in [-0.39, 0.29) is 12.1 Å². The highest BCUT2D eigenvalue weighted by atomic mass is 16.6. The van der Waals surface area contributed by atoms with Crippen LogP contribution in [0, 0.1) is 6.92 Å². The Bertz CT molecular complexity index is 525. The zero-order chi connectivity index (χ0) is 17.6. The minimum Gasteiger partial charge on any atom is -0.477 e. The van der Waals surface area contributed by atoms with Gasteiger partial charge in [0.25, 0.3) is 0 Å². The number of hydrogen-bond donors (Lipinski definition) is 0. The van der Waals surface area contributed by atoms with Crippen LogP contribution < -0.4 is 4.74 Å². The highest BCUT2D eigenvalue weighted by Crippen LogP contribution is 2.23. The second-order valence-corrected chi connectivity index (χ2v) is 7.33. The van der Waals surface area contributed by atoms with Gasteiger partial charge < -0.3 is 14.4 Å². The average molecular weight is 335 g/mol. The number of nitrogens with zero attached hydrogens (tertiary/aromatic N) is 3. The molecule has 0 aliphatic carbocycles. The summed E-state index contributed by atoms with van der Waals surface area (Å²) in [5.74, 6) is 0.549. The van der Waals surface area contributed by atoms with Crippen molar-refractivity contribution < 1.29 is 14.3 Å². The maximum Gasteiger partial charge on any atom is 0.410 e. The van der Waals surface area contributed by atoms with Gasteiger partial charge in [0.2, 0.25) is 5.88 Å². The Balaban J connectivity index is 1.78. The SMILES string of the molecule is Cc1ccc(OCCCC2CCCCN2C(=O)OC(C)(C)C)nn1. The van der Waals surface area contributed by atoms with Gasteiger partial charge in [-0.1, -0.05) is 0 Å². The number of rotatable bonds is 5. The van der Waals surface area contributed by atoms with Gasteiger partial charge in [-0.3, -0.25) is 0 Å². The number of carbonyl (C=O) groups excluding carboxylic acids is 1. The van der Waals surface area contributed by atoms with Gasteiger partial charge >= 0.3 is 6.09 Å². The van der Waals surface area contributed by atoms with Gasteiger partial charge in [0.15, 0.2) is 0 Å². The van der Waals surface area contributed by atoms with Crippen LogP contribution in [-0.4, -0.2) is 46.0 Å². The summed E-state index contributed by atoms with van der Waals surface area (Å²) in [7, 11) is 0. The van der Waals surface area contributed by atoms with E-state index in [2.05, 4.69) is 10.2 Å². The molecule has 1 amide bonds. The third-order valence-corrected chi connectivity index (χ3v) is 3.96. The van der Waals surface area contributed by atoms with E-state index in [0.29, 0.717) is 12.5 Å². The molecule has 1 aliphatic rings. The van der Waals surface area contributed by atoms with Crippen molar-refractivity contribution in [2.75, 3.05) is 13.2 Å². The predicted molar refractivity (Wildman–Crippen MR) is 92.1 cm³/mol. The van der Waals surface area contributed by atoms with Gasteiger partial charge in [-0.05, 0) is 65.9 Å². The van der Waals surface area contributed by atoms with Crippen molar-refractivity contribution in [1.82, 2.24) is 15.1 Å². The Morgan fingerprint density at radius 2 is 2.08 bits per heavy atom. The van der Waals surface area contributed by atoms with Crippen LogP contribution in [0.2, 0.25) is 0 Å². The van der Waals surface area contributed by atoms with E-state index in [1.807, 2.05) is 44.7 Å². The molecule has 0 spiro atoms. The topological polar surface area (TPSA) is 64.5 Å². The van der Waals surface area contributed by atoms with E-state index in [0.717, 1.165) is 44.3 Å². The number of hydrogen-bond acceptors (Lipinski definition) is 5. The molecule has 6 heteroatoms. The minimum absolute atomic E-state index is 0.197. The first-order valence-corrected chi connectivity index (χ1v) is 8.78.